The summed E-state index contributed by atoms with van der Waals surface area (Å²) in [5.41, 5.74) is -2.68. The van der Waals surface area contributed by atoms with Crippen molar-refractivity contribution in [3.63, 3.8) is 0 Å². The minimum absolute atomic E-state index is 0.0101. The Morgan fingerprint density at radius 1 is 1.14 bits per heavy atom. The molecule has 0 aromatic rings. The summed E-state index contributed by atoms with van der Waals surface area (Å²) in [7, 11) is 0. The van der Waals surface area contributed by atoms with Crippen LogP contribution in [0.25, 0.3) is 0 Å². The number of aliphatic carboxylic acids is 2. The monoisotopic (exact) mass is 320 g/mol. The fourth-order valence-electron chi connectivity index (χ4n) is 1.85. The predicted molar refractivity (Wildman–Crippen MR) is 75.1 cm³/mol. The topological polar surface area (TPSA) is 141 Å². The van der Waals surface area contributed by atoms with Crippen LogP contribution in [0.3, 0.4) is 0 Å². The Bertz CT molecular complexity index is 392. The van der Waals surface area contributed by atoms with Crippen LogP contribution in [-0.4, -0.2) is 56.6 Å². The SMILES string of the molecule is CCC(CCC(C)O)COC(=O)CC(O)(CC(=O)O)C(=O)O. The minimum atomic E-state index is -2.68. The van der Waals surface area contributed by atoms with E-state index in [1.54, 1.807) is 6.92 Å². The molecule has 0 saturated heterocycles. The van der Waals surface area contributed by atoms with E-state index in [1.165, 1.54) is 0 Å². The van der Waals surface area contributed by atoms with Crippen molar-refractivity contribution in [1.82, 2.24) is 0 Å². The molecule has 0 aliphatic carbocycles. The Kier molecular flexibility index (Phi) is 8.66. The van der Waals surface area contributed by atoms with Crippen molar-refractivity contribution in [3.05, 3.63) is 0 Å². The first-order valence-corrected chi connectivity index (χ1v) is 7.12. The molecule has 3 unspecified atom stereocenters. The van der Waals surface area contributed by atoms with Crippen LogP contribution in [0.2, 0.25) is 0 Å². The van der Waals surface area contributed by atoms with Crippen LogP contribution in [0.15, 0.2) is 0 Å². The lowest BCUT2D eigenvalue weighted by molar-refractivity contribution is -0.172. The molecule has 128 valence electrons. The predicted octanol–water partition coefficient (Wildman–Crippen LogP) is 0.397. The van der Waals surface area contributed by atoms with E-state index in [9.17, 15) is 24.6 Å². The van der Waals surface area contributed by atoms with Crippen molar-refractivity contribution in [1.29, 1.82) is 0 Å². The van der Waals surface area contributed by atoms with Crippen molar-refractivity contribution >= 4 is 17.9 Å². The first-order valence-electron chi connectivity index (χ1n) is 7.12. The molecule has 0 aliphatic rings. The molecule has 0 spiro atoms. The molecule has 8 nitrogen and oxygen atoms in total. The van der Waals surface area contributed by atoms with Crippen LogP contribution in [0.4, 0.5) is 0 Å². The highest BCUT2D eigenvalue weighted by Crippen LogP contribution is 2.18. The van der Waals surface area contributed by atoms with Crippen LogP contribution in [0.5, 0.6) is 0 Å². The van der Waals surface area contributed by atoms with Crippen molar-refractivity contribution in [2.45, 2.75) is 57.7 Å². The van der Waals surface area contributed by atoms with Crippen LogP contribution in [0.1, 0.15) is 46.0 Å². The zero-order valence-electron chi connectivity index (χ0n) is 12.8. The van der Waals surface area contributed by atoms with Gasteiger partial charge in [-0.3, -0.25) is 9.59 Å². The van der Waals surface area contributed by atoms with Gasteiger partial charge >= 0.3 is 17.9 Å². The molecule has 0 aromatic heterocycles. The molecule has 3 atom stereocenters. The third-order valence-electron chi connectivity index (χ3n) is 3.33. The second-order valence-electron chi connectivity index (χ2n) is 5.47. The Labute approximate surface area is 128 Å². The lowest BCUT2D eigenvalue weighted by Crippen LogP contribution is -2.43. The average molecular weight is 320 g/mol. The van der Waals surface area contributed by atoms with Gasteiger partial charge in [-0.25, -0.2) is 4.79 Å². The zero-order valence-corrected chi connectivity index (χ0v) is 12.8. The minimum Gasteiger partial charge on any atom is -0.481 e. The quantitative estimate of drug-likeness (QED) is 0.401. The summed E-state index contributed by atoms with van der Waals surface area (Å²) in [5.74, 6) is -4.27. The first kappa shape index (κ1) is 20.3. The van der Waals surface area contributed by atoms with E-state index in [0.717, 1.165) is 0 Å². The maximum atomic E-state index is 11.6. The van der Waals surface area contributed by atoms with Gasteiger partial charge in [-0.05, 0) is 25.7 Å². The summed E-state index contributed by atoms with van der Waals surface area (Å²) in [6.45, 7) is 3.57. The lowest BCUT2D eigenvalue weighted by Gasteiger charge is -2.21. The Hall–Kier alpha value is -1.67. The molecule has 8 heteroatoms. The molecule has 0 fully saturated rings. The van der Waals surface area contributed by atoms with Gasteiger partial charge in [0.2, 0.25) is 0 Å². The van der Waals surface area contributed by atoms with Gasteiger partial charge in [0.05, 0.1) is 25.6 Å². The van der Waals surface area contributed by atoms with Gasteiger partial charge < -0.3 is 25.2 Å². The molecular formula is C14H24O8. The largest absolute Gasteiger partial charge is 0.481 e. The smallest absolute Gasteiger partial charge is 0.336 e. The van der Waals surface area contributed by atoms with Gasteiger partial charge in [0, 0.05) is 0 Å². The van der Waals surface area contributed by atoms with E-state index >= 15 is 0 Å². The van der Waals surface area contributed by atoms with E-state index < -0.39 is 42.5 Å². The summed E-state index contributed by atoms with van der Waals surface area (Å²) in [6, 6.07) is 0. The molecule has 22 heavy (non-hydrogen) atoms. The summed E-state index contributed by atoms with van der Waals surface area (Å²) in [5, 5.41) is 36.4. The van der Waals surface area contributed by atoms with Crippen LogP contribution in [0, 0.1) is 5.92 Å². The van der Waals surface area contributed by atoms with Crippen LogP contribution >= 0.6 is 0 Å². The number of carbonyl (C=O) groups is 3. The highest BCUT2D eigenvalue weighted by atomic mass is 16.5. The summed E-state index contributed by atoms with van der Waals surface area (Å²) in [6.07, 6.45) is -0.581. The van der Waals surface area contributed by atoms with Crippen LogP contribution in [-0.2, 0) is 19.1 Å². The molecule has 0 radical (unpaired) electrons. The van der Waals surface area contributed by atoms with Crippen molar-refractivity contribution in [2.24, 2.45) is 5.92 Å². The van der Waals surface area contributed by atoms with Gasteiger partial charge in [-0.1, -0.05) is 13.3 Å². The van der Waals surface area contributed by atoms with Gasteiger partial charge in [-0.15, -0.1) is 0 Å². The third kappa shape index (κ3) is 7.94. The van der Waals surface area contributed by atoms with Crippen molar-refractivity contribution < 1.29 is 39.5 Å². The fraction of sp³-hybridized carbons (Fsp3) is 0.786. The number of carbonyl (C=O) groups excluding carboxylic acids is 1. The van der Waals surface area contributed by atoms with Gasteiger partial charge in [-0.2, -0.15) is 0 Å². The Morgan fingerprint density at radius 2 is 1.73 bits per heavy atom. The van der Waals surface area contributed by atoms with E-state index in [-0.39, 0.29) is 12.5 Å². The van der Waals surface area contributed by atoms with E-state index in [0.29, 0.717) is 19.3 Å². The van der Waals surface area contributed by atoms with Crippen molar-refractivity contribution in [3.8, 4) is 0 Å². The zero-order chi connectivity index (χ0) is 17.3. The number of ether oxygens (including phenoxy) is 1. The summed E-state index contributed by atoms with van der Waals surface area (Å²) in [4.78, 5) is 33.1. The van der Waals surface area contributed by atoms with Gasteiger partial charge in [0.1, 0.15) is 0 Å². The number of esters is 1. The molecule has 0 aliphatic heterocycles. The standard InChI is InChI=1S/C14H24O8/c1-3-10(5-4-9(2)15)8-22-12(18)7-14(21,13(19)20)6-11(16)17/h9-10,15,21H,3-8H2,1-2H3,(H,16,17)(H,19,20). The maximum Gasteiger partial charge on any atom is 0.336 e. The number of rotatable bonds is 11. The van der Waals surface area contributed by atoms with Gasteiger partial charge in [0.25, 0.3) is 0 Å². The molecule has 0 rings (SSSR count). The van der Waals surface area contributed by atoms with E-state index in [1.807, 2.05) is 6.92 Å². The van der Waals surface area contributed by atoms with Gasteiger partial charge in [0.15, 0.2) is 5.60 Å². The molecule has 4 N–H and O–H groups in total. The number of carboxylic acids is 2. The normalized spacial score (nSPS) is 16.4. The maximum absolute atomic E-state index is 11.6. The average Bonchev–Trinajstić information content (AvgIpc) is 2.37. The molecule has 0 aromatic carbocycles. The second kappa shape index (κ2) is 9.37. The van der Waals surface area contributed by atoms with Crippen LogP contribution < -0.4 is 0 Å². The van der Waals surface area contributed by atoms with E-state index in [4.69, 9.17) is 14.9 Å². The number of aliphatic hydroxyl groups is 2. The summed E-state index contributed by atoms with van der Waals surface area (Å²) < 4.78 is 4.92. The fourth-order valence-corrected chi connectivity index (χ4v) is 1.85. The number of aliphatic hydroxyl groups excluding tert-OH is 1. The number of hydrogen-bond donors (Lipinski definition) is 4. The highest BCUT2D eigenvalue weighted by Gasteiger charge is 2.41. The molecule has 0 saturated carbocycles. The lowest BCUT2D eigenvalue weighted by atomic mass is 9.95. The van der Waals surface area contributed by atoms with E-state index in [2.05, 4.69) is 0 Å². The second-order valence-corrected chi connectivity index (χ2v) is 5.47. The highest BCUT2D eigenvalue weighted by molar-refractivity contribution is 5.88. The van der Waals surface area contributed by atoms with Crippen molar-refractivity contribution in [2.75, 3.05) is 6.61 Å². The third-order valence-corrected chi connectivity index (χ3v) is 3.33. The molecule has 0 bridgehead atoms. The first-order chi connectivity index (χ1) is 10.1. The Balaban J connectivity index is 4.45. The molecular weight excluding hydrogens is 296 g/mol. The summed E-state index contributed by atoms with van der Waals surface area (Å²) >= 11 is 0. The Morgan fingerprint density at radius 3 is 2.14 bits per heavy atom. The molecule has 0 amide bonds. The molecule has 0 heterocycles. The number of hydrogen-bond acceptors (Lipinski definition) is 6. The number of carboxylic acid groups (broad SMARTS) is 2.